The van der Waals surface area contributed by atoms with Crippen LogP contribution >= 0.6 is 11.8 Å². The summed E-state index contributed by atoms with van der Waals surface area (Å²) in [6.07, 6.45) is 3.33. The van der Waals surface area contributed by atoms with Crippen LogP contribution in [0.25, 0.3) is 0 Å². The molecule has 2 atom stereocenters. The summed E-state index contributed by atoms with van der Waals surface area (Å²) in [6.45, 7) is 16.3. The van der Waals surface area contributed by atoms with Crippen LogP contribution < -0.4 is 5.32 Å². The Morgan fingerprint density at radius 3 is 1.74 bits per heavy atom. The molecule has 27 heavy (non-hydrogen) atoms. The number of hydrogen-bond acceptors (Lipinski definition) is 5. The fraction of sp³-hybridized carbons (Fsp3) is 0.850. The number of carbonyl (C=O) groups excluding carboxylic acids is 2. The van der Waals surface area contributed by atoms with Gasteiger partial charge in [-0.1, -0.05) is 80.0 Å². The molecule has 0 fully saturated rings. The van der Waals surface area contributed by atoms with Crippen molar-refractivity contribution >= 4 is 29.1 Å². The number of amidine groups is 1. The Morgan fingerprint density at radius 1 is 0.926 bits per heavy atom. The van der Waals surface area contributed by atoms with E-state index >= 15 is 0 Å². The molecule has 158 valence electrons. The number of nitrogens with zero attached hydrogens (tertiary/aromatic N) is 1. The Labute approximate surface area is 169 Å². The average Bonchev–Trinajstić information content (AvgIpc) is 2.51. The van der Waals surface area contributed by atoms with Gasteiger partial charge in [-0.2, -0.15) is 4.99 Å². The molecule has 0 aliphatic heterocycles. The number of thioether (sulfide) groups is 1. The first-order valence-electron chi connectivity index (χ1n) is 9.66. The number of carbonyl (C=O) groups is 2. The molecule has 7 heteroatoms. The quantitative estimate of drug-likeness (QED) is 0.435. The normalized spacial score (nSPS) is 15.1. The molecular formula is C20H38N2O4S. The first kappa shape index (κ1) is 25.8. The zero-order valence-electron chi connectivity index (χ0n) is 18.5. The van der Waals surface area contributed by atoms with Gasteiger partial charge in [-0.05, 0) is 29.9 Å². The number of rotatable bonds is 6. The molecule has 0 aromatic heterocycles. The van der Waals surface area contributed by atoms with Crippen molar-refractivity contribution < 1.29 is 19.1 Å². The summed E-state index contributed by atoms with van der Waals surface area (Å²) in [5.41, 5.74) is -0.337. The molecule has 0 saturated carbocycles. The summed E-state index contributed by atoms with van der Waals surface area (Å²) < 4.78 is 11.1. The molecule has 1 N–H and O–H groups in total. The molecule has 0 heterocycles. The third-order valence-corrected chi connectivity index (χ3v) is 4.70. The molecule has 2 unspecified atom stereocenters. The predicted molar refractivity (Wildman–Crippen MR) is 113 cm³/mol. The van der Waals surface area contributed by atoms with E-state index in [1.54, 1.807) is 6.26 Å². The summed E-state index contributed by atoms with van der Waals surface area (Å²) in [5.74, 6) is 0. The van der Waals surface area contributed by atoms with Crippen LogP contribution in [0.15, 0.2) is 4.99 Å². The van der Waals surface area contributed by atoms with Gasteiger partial charge in [-0.15, -0.1) is 0 Å². The Bertz CT molecular complexity index is 507. The van der Waals surface area contributed by atoms with Gasteiger partial charge in [0.2, 0.25) is 0 Å². The highest BCUT2D eigenvalue weighted by molar-refractivity contribution is 8.13. The van der Waals surface area contributed by atoms with E-state index in [1.165, 1.54) is 0 Å². The smallest absolute Gasteiger partial charge is 0.436 e. The number of aliphatic imine (C=N–C) groups is 1. The first-order chi connectivity index (χ1) is 12.3. The van der Waals surface area contributed by atoms with Gasteiger partial charge < -0.3 is 9.47 Å². The van der Waals surface area contributed by atoms with Crippen LogP contribution in [0.4, 0.5) is 9.59 Å². The van der Waals surface area contributed by atoms with Gasteiger partial charge in [0.05, 0.1) is 0 Å². The molecule has 0 spiro atoms. The van der Waals surface area contributed by atoms with Gasteiger partial charge in [-0.25, -0.2) is 9.59 Å². The highest BCUT2D eigenvalue weighted by atomic mass is 32.2. The van der Waals surface area contributed by atoms with Gasteiger partial charge in [0, 0.05) is 0 Å². The molecule has 2 amide bonds. The zero-order chi connectivity index (χ0) is 21.3. The van der Waals surface area contributed by atoms with Gasteiger partial charge >= 0.3 is 12.2 Å². The van der Waals surface area contributed by atoms with E-state index < -0.39 is 12.2 Å². The molecule has 0 aromatic carbocycles. The van der Waals surface area contributed by atoms with Crippen molar-refractivity contribution in [2.24, 2.45) is 15.8 Å². The van der Waals surface area contributed by atoms with Crippen LogP contribution in [0.5, 0.6) is 0 Å². The topological polar surface area (TPSA) is 77.0 Å². The average molecular weight is 403 g/mol. The maximum Gasteiger partial charge on any atom is 0.436 e. The molecular weight excluding hydrogens is 364 g/mol. The standard InChI is InChI=1S/C20H38N2O4S/c1-10-12-14(19(3,4)5)25-17(23)21-16(27-9)22-18(24)26-15(13-11-2)20(6,7)8/h14-15H,10-13H2,1-9H3,(H,21,22,23,24). The Hall–Kier alpha value is -1.24. The van der Waals surface area contributed by atoms with Crippen molar-refractivity contribution in [2.45, 2.75) is 93.3 Å². The maximum atomic E-state index is 12.2. The van der Waals surface area contributed by atoms with Crippen molar-refractivity contribution in [3.8, 4) is 0 Å². The number of ether oxygens (including phenoxy) is 2. The third kappa shape index (κ3) is 10.6. The largest absolute Gasteiger partial charge is 0.445 e. The van der Waals surface area contributed by atoms with Crippen LogP contribution in [0, 0.1) is 10.8 Å². The lowest BCUT2D eigenvalue weighted by Gasteiger charge is -2.30. The first-order valence-corrected chi connectivity index (χ1v) is 10.9. The van der Waals surface area contributed by atoms with Gasteiger partial charge in [0.25, 0.3) is 0 Å². The summed E-state index contributed by atoms with van der Waals surface area (Å²) in [4.78, 5) is 28.3. The van der Waals surface area contributed by atoms with Crippen LogP contribution in [-0.4, -0.2) is 35.8 Å². The molecule has 6 nitrogen and oxygen atoms in total. The second-order valence-corrected chi connectivity index (χ2v) is 9.62. The second-order valence-electron chi connectivity index (χ2n) is 8.82. The van der Waals surface area contributed by atoms with Gasteiger partial charge in [0.1, 0.15) is 12.2 Å². The van der Waals surface area contributed by atoms with Crippen molar-refractivity contribution in [2.75, 3.05) is 6.26 Å². The number of hydrogen-bond donors (Lipinski definition) is 1. The lowest BCUT2D eigenvalue weighted by molar-refractivity contribution is 0.0281. The van der Waals surface area contributed by atoms with E-state index in [-0.39, 0.29) is 28.2 Å². The van der Waals surface area contributed by atoms with Crippen molar-refractivity contribution in [3.05, 3.63) is 0 Å². The third-order valence-electron chi connectivity index (χ3n) is 4.12. The summed E-state index contributed by atoms with van der Waals surface area (Å²) >= 11 is 1.16. The van der Waals surface area contributed by atoms with Crippen LogP contribution in [0.1, 0.15) is 81.1 Å². The molecule has 0 saturated heterocycles. The van der Waals surface area contributed by atoms with E-state index in [0.717, 1.165) is 37.4 Å². The zero-order valence-corrected chi connectivity index (χ0v) is 19.3. The molecule has 0 rings (SSSR count). The number of alkyl carbamates (subject to hydrolysis) is 1. The van der Waals surface area contributed by atoms with Crippen LogP contribution in [0.2, 0.25) is 0 Å². The molecule has 0 bridgehead atoms. The molecule has 0 aliphatic rings. The van der Waals surface area contributed by atoms with Crippen molar-refractivity contribution in [3.63, 3.8) is 0 Å². The minimum absolute atomic E-state index is 0.164. The number of nitrogens with one attached hydrogen (secondary N) is 1. The fourth-order valence-corrected chi connectivity index (χ4v) is 2.81. The van der Waals surface area contributed by atoms with E-state index in [0.29, 0.717) is 0 Å². The van der Waals surface area contributed by atoms with Crippen LogP contribution in [-0.2, 0) is 9.47 Å². The highest BCUT2D eigenvalue weighted by Gasteiger charge is 2.29. The summed E-state index contributed by atoms with van der Waals surface area (Å²) in [7, 11) is 0. The summed E-state index contributed by atoms with van der Waals surface area (Å²) in [6, 6.07) is 0. The van der Waals surface area contributed by atoms with Crippen molar-refractivity contribution in [1.82, 2.24) is 5.32 Å². The monoisotopic (exact) mass is 402 g/mol. The minimum atomic E-state index is -0.700. The predicted octanol–water partition coefficient (Wildman–Crippen LogP) is 6.00. The number of amides is 2. The van der Waals surface area contributed by atoms with E-state index in [4.69, 9.17) is 9.47 Å². The van der Waals surface area contributed by atoms with E-state index in [1.807, 2.05) is 55.4 Å². The van der Waals surface area contributed by atoms with Gasteiger partial charge in [-0.3, -0.25) is 5.32 Å². The summed E-state index contributed by atoms with van der Waals surface area (Å²) in [5, 5.41) is 2.72. The molecule has 0 aliphatic carbocycles. The SMILES string of the molecule is CCCC(OC(=O)N=C(NC(=O)OC(CCC)C(C)(C)C)SC)C(C)(C)C. The Morgan fingerprint density at radius 2 is 1.37 bits per heavy atom. The minimum Gasteiger partial charge on any atom is -0.445 e. The lowest BCUT2D eigenvalue weighted by Crippen LogP contribution is -2.38. The van der Waals surface area contributed by atoms with E-state index in [2.05, 4.69) is 10.3 Å². The van der Waals surface area contributed by atoms with Crippen LogP contribution in [0.3, 0.4) is 0 Å². The highest BCUT2D eigenvalue weighted by Crippen LogP contribution is 2.27. The Balaban J connectivity index is 4.99. The van der Waals surface area contributed by atoms with E-state index in [9.17, 15) is 9.59 Å². The van der Waals surface area contributed by atoms with Crippen molar-refractivity contribution in [1.29, 1.82) is 0 Å². The maximum absolute atomic E-state index is 12.2. The Kier molecular flexibility index (Phi) is 11.0. The molecule has 0 radical (unpaired) electrons. The second kappa shape index (κ2) is 11.6. The lowest BCUT2D eigenvalue weighted by atomic mass is 9.86. The van der Waals surface area contributed by atoms with Gasteiger partial charge in [0.15, 0.2) is 5.17 Å². The molecule has 0 aromatic rings. The fourth-order valence-electron chi connectivity index (χ4n) is 2.46.